The van der Waals surface area contributed by atoms with E-state index in [1.807, 2.05) is 4.57 Å². The van der Waals surface area contributed by atoms with E-state index in [1.165, 1.54) is 0 Å². The zero-order valence-corrected chi connectivity index (χ0v) is 18.3. The summed E-state index contributed by atoms with van der Waals surface area (Å²) in [5, 5.41) is 1.91. The summed E-state index contributed by atoms with van der Waals surface area (Å²) in [6.45, 7) is 2.36. The molecule has 1 aliphatic rings. The van der Waals surface area contributed by atoms with Crippen molar-refractivity contribution in [3.05, 3.63) is 61.8 Å². The second-order valence-corrected chi connectivity index (χ2v) is 8.37. The number of imidazole rings is 1. The first kappa shape index (κ1) is 20.8. The fraction of sp³-hybridized carbons (Fsp3) is 0.300. The van der Waals surface area contributed by atoms with E-state index in [0.717, 1.165) is 11.1 Å². The normalized spacial score (nSPS) is 14.6. The lowest BCUT2D eigenvalue weighted by molar-refractivity contribution is -0.135. The summed E-state index contributed by atoms with van der Waals surface area (Å²) in [6.07, 6.45) is 0.374. The highest BCUT2D eigenvalue weighted by Gasteiger charge is 2.22. The Morgan fingerprint density at radius 2 is 1.66 bits per heavy atom. The van der Waals surface area contributed by atoms with Gasteiger partial charge in [0.1, 0.15) is 12.4 Å². The third-order valence-corrected chi connectivity index (χ3v) is 6.35. The topological polar surface area (TPSA) is 47.4 Å². The van der Waals surface area contributed by atoms with Gasteiger partial charge < -0.3 is 14.2 Å². The molecule has 9 heteroatoms. The van der Waals surface area contributed by atoms with Gasteiger partial charge in [0.15, 0.2) is 0 Å². The van der Waals surface area contributed by atoms with Crippen molar-refractivity contribution in [1.82, 2.24) is 14.5 Å². The Labute approximate surface area is 188 Å². The number of hydrogen-bond acceptors (Lipinski definition) is 3. The molecule has 1 aliphatic heterocycles. The maximum atomic E-state index is 12.9. The highest BCUT2D eigenvalue weighted by atomic mass is 35.5. The molecule has 0 radical (unpaired) electrons. The number of carbonyl (C=O) groups is 1. The largest absolute Gasteiger partial charge is 0.378 e. The Kier molecular flexibility index (Phi) is 6.23. The van der Waals surface area contributed by atoms with E-state index in [-0.39, 0.29) is 12.5 Å². The van der Waals surface area contributed by atoms with Gasteiger partial charge in [-0.15, -0.1) is 0 Å². The minimum atomic E-state index is -0.00909. The van der Waals surface area contributed by atoms with Gasteiger partial charge in [0.2, 0.25) is 5.91 Å². The minimum absolute atomic E-state index is 0.00909. The fourth-order valence-corrected chi connectivity index (χ4v) is 4.24. The predicted octanol–water partition coefficient (Wildman–Crippen LogP) is 5.10. The van der Waals surface area contributed by atoms with Crippen LogP contribution in [0.25, 0.3) is 11.0 Å². The van der Waals surface area contributed by atoms with Gasteiger partial charge in [0.05, 0.1) is 34.3 Å². The van der Waals surface area contributed by atoms with Crippen molar-refractivity contribution in [2.24, 2.45) is 0 Å². The van der Waals surface area contributed by atoms with Gasteiger partial charge >= 0.3 is 0 Å². The van der Waals surface area contributed by atoms with E-state index in [9.17, 15) is 4.79 Å². The van der Waals surface area contributed by atoms with Gasteiger partial charge in [-0.3, -0.25) is 4.79 Å². The molecular formula is C20H17Cl4N3O2. The summed E-state index contributed by atoms with van der Waals surface area (Å²) >= 11 is 25.1. The predicted molar refractivity (Wildman–Crippen MR) is 116 cm³/mol. The molecule has 0 aliphatic carbocycles. The molecule has 1 aromatic heterocycles. The fourth-order valence-electron chi connectivity index (χ4n) is 3.39. The number of ether oxygens (including phenoxy) is 1. The maximum Gasteiger partial charge on any atom is 0.242 e. The van der Waals surface area contributed by atoms with Crippen molar-refractivity contribution in [2.75, 3.05) is 26.3 Å². The Hall–Kier alpha value is -1.50. The first-order valence-corrected chi connectivity index (χ1v) is 10.6. The first-order valence-electron chi connectivity index (χ1n) is 9.06. The molecule has 0 N–H and O–H groups in total. The molecule has 2 aromatic carbocycles. The average molecular weight is 473 g/mol. The maximum absolute atomic E-state index is 12.9. The zero-order chi connectivity index (χ0) is 20.5. The van der Waals surface area contributed by atoms with E-state index in [0.29, 0.717) is 64.2 Å². The molecule has 1 saturated heterocycles. The number of fused-ring (bicyclic) bond motifs is 1. The van der Waals surface area contributed by atoms with Crippen LogP contribution in [0.3, 0.4) is 0 Å². The van der Waals surface area contributed by atoms with Gasteiger partial charge in [-0.1, -0.05) is 52.5 Å². The number of morpholine rings is 1. The van der Waals surface area contributed by atoms with Crippen molar-refractivity contribution < 1.29 is 9.53 Å². The van der Waals surface area contributed by atoms with Crippen LogP contribution in [0.4, 0.5) is 0 Å². The molecule has 0 saturated carbocycles. The van der Waals surface area contributed by atoms with Crippen molar-refractivity contribution in [2.45, 2.75) is 13.0 Å². The monoisotopic (exact) mass is 471 g/mol. The van der Waals surface area contributed by atoms with Gasteiger partial charge in [-0.05, 0) is 29.8 Å². The third-order valence-electron chi connectivity index (χ3n) is 4.92. The smallest absolute Gasteiger partial charge is 0.242 e. The quantitative estimate of drug-likeness (QED) is 0.530. The summed E-state index contributed by atoms with van der Waals surface area (Å²) in [6, 6.07) is 8.78. The highest BCUT2D eigenvalue weighted by Crippen LogP contribution is 2.31. The van der Waals surface area contributed by atoms with E-state index in [2.05, 4.69) is 0 Å². The van der Waals surface area contributed by atoms with Crippen LogP contribution in [-0.2, 0) is 22.5 Å². The number of benzene rings is 2. The van der Waals surface area contributed by atoms with Crippen molar-refractivity contribution in [3.8, 4) is 0 Å². The molecule has 152 valence electrons. The Balaban J connectivity index is 1.76. The van der Waals surface area contributed by atoms with Crippen LogP contribution in [0.1, 0.15) is 11.4 Å². The number of amides is 1. The van der Waals surface area contributed by atoms with Gasteiger partial charge in [0, 0.05) is 29.6 Å². The molecule has 0 unspecified atom stereocenters. The highest BCUT2D eigenvalue weighted by molar-refractivity contribution is 6.42. The molecule has 1 amide bonds. The molecule has 1 fully saturated rings. The van der Waals surface area contributed by atoms with E-state index < -0.39 is 0 Å². The SMILES string of the molecule is O=C(Cn1c(Cc2c(Cl)cccc2Cl)nc2cc(Cl)c(Cl)cc21)N1CCOCC1. The Morgan fingerprint density at radius 3 is 2.34 bits per heavy atom. The minimum Gasteiger partial charge on any atom is -0.378 e. The summed E-state index contributed by atoms with van der Waals surface area (Å²) in [7, 11) is 0. The molecule has 5 nitrogen and oxygen atoms in total. The molecule has 2 heterocycles. The van der Waals surface area contributed by atoms with Crippen LogP contribution in [0.2, 0.25) is 20.1 Å². The van der Waals surface area contributed by atoms with E-state index >= 15 is 0 Å². The molecule has 0 bridgehead atoms. The second-order valence-electron chi connectivity index (χ2n) is 6.74. The number of halogens is 4. The zero-order valence-electron chi connectivity index (χ0n) is 15.3. The lowest BCUT2D eigenvalue weighted by Crippen LogP contribution is -2.42. The van der Waals surface area contributed by atoms with Crippen molar-refractivity contribution >= 4 is 63.3 Å². The van der Waals surface area contributed by atoms with Crippen molar-refractivity contribution in [1.29, 1.82) is 0 Å². The van der Waals surface area contributed by atoms with Crippen LogP contribution in [0.15, 0.2) is 30.3 Å². The lowest BCUT2D eigenvalue weighted by atomic mass is 10.1. The van der Waals surface area contributed by atoms with Crippen molar-refractivity contribution in [3.63, 3.8) is 0 Å². The number of carbonyl (C=O) groups excluding carboxylic acids is 1. The number of nitrogens with zero attached hydrogens (tertiary/aromatic N) is 3. The molecule has 0 spiro atoms. The van der Waals surface area contributed by atoms with Gasteiger partial charge in [0.25, 0.3) is 0 Å². The standard InChI is InChI=1S/C20H17Cl4N3O2/c21-13-2-1-3-14(22)12(13)8-19-25-17-9-15(23)16(24)10-18(17)27(19)11-20(28)26-4-6-29-7-5-26/h1-3,9-10H,4-8,11H2. The van der Waals surface area contributed by atoms with Crippen LogP contribution in [-0.4, -0.2) is 46.7 Å². The van der Waals surface area contributed by atoms with Gasteiger partial charge in [-0.25, -0.2) is 4.98 Å². The number of hydrogen-bond donors (Lipinski definition) is 0. The summed E-state index contributed by atoms with van der Waals surface area (Å²) in [5.41, 5.74) is 2.15. The molecule has 0 atom stereocenters. The average Bonchev–Trinajstić information content (AvgIpc) is 3.02. The Morgan fingerprint density at radius 1 is 1.00 bits per heavy atom. The third kappa shape index (κ3) is 4.35. The molecule has 4 rings (SSSR count). The van der Waals surface area contributed by atoms with Crippen LogP contribution in [0.5, 0.6) is 0 Å². The molecular weight excluding hydrogens is 456 g/mol. The molecule has 29 heavy (non-hydrogen) atoms. The van der Waals surface area contributed by atoms with Gasteiger partial charge in [-0.2, -0.15) is 0 Å². The first-order chi connectivity index (χ1) is 13.9. The van der Waals surface area contributed by atoms with Crippen LogP contribution >= 0.6 is 46.4 Å². The van der Waals surface area contributed by atoms with Crippen LogP contribution in [0, 0.1) is 0 Å². The van der Waals surface area contributed by atoms with E-state index in [1.54, 1.807) is 35.2 Å². The second kappa shape index (κ2) is 8.70. The number of aromatic nitrogens is 2. The number of rotatable bonds is 4. The Bertz CT molecular complexity index is 1060. The summed E-state index contributed by atoms with van der Waals surface area (Å²) in [5.74, 6) is 0.653. The van der Waals surface area contributed by atoms with Crippen LogP contribution < -0.4 is 0 Å². The lowest BCUT2D eigenvalue weighted by Gasteiger charge is -2.27. The van der Waals surface area contributed by atoms with E-state index in [4.69, 9.17) is 56.1 Å². The molecule has 3 aromatic rings. The summed E-state index contributed by atoms with van der Waals surface area (Å²) < 4.78 is 7.19. The summed E-state index contributed by atoms with van der Waals surface area (Å²) in [4.78, 5) is 19.4.